The van der Waals surface area contributed by atoms with Crippen LogP contribution in [0.3, 0.4) is 0 Å². The number of nitrogens with one attached hydrogen (secondary N) is 2. The smallest absolute Gasteiger partial charge is 0.231 e. The molecule has 308 valence electrons. The summed E-state index contributed by atoms with van der Waals surface area (Å²) in [5.41, 5.74) is 17.2. The number of aromatic nitrogens is 6. The van der Waals surface area contributed by atoms with Gasteiger partial charge in [0, 0.05) is 65.9 Å². The van der Waals surface area contributed by atoms with Crippen LogP contribution < -0.4 is 41.0 Å². The molecule has 6 N–H and O–H groups in total. The van der Waals surface area contributed by atoms with Crippen molar-refractivity contribution in [1.82, 2.24) is 39.7 Å². The van der Waals surface area contributed by atoms with Crippen molar-refractivity contribution in [2.45, 2.75) is 81.7 Å². The maximum absolute atomic E-state index is 6.10. The monoisotopic (exact) mass is 890 g/mol. The van der Waals surface area contributed by atoms with Gasteiger partial charge in [0.2, 0.25) is 13.6 Å². The Bertz CT molecular complexity index is 2260. The van der Waals surface area contributed by atoms with Crippen LogP contribution >= 0.6 is 39.5 Å². The molecule has 0 fully saturated rings. The maximum atomic E-state index is 6.10. The fourth-order valence-electron chi connectivity index (χ4n) is 6.31. The number of anilines is 2. The van der Waals surface area contributed by atoms with E-state index in [-0.39, 0.29) is 24.4 Å². The lowest BCUT2D eigenvalue weighted by Crippen LogP contribution is -2.29. The van der Waals surface area contributed by atoms with Gasteiger partial charge in [0.15, 0.2) is 44.9 Å². The van der Waals surface area contributed by atoms with Crippen LogP contribution in [0.1, 0.15) is 47.1 Å². The average Bonchev–Trinajstić information content (AvgIpc) is 3.95. The number of rotatable bonds is 12. The molecule has 2 aromatic carbocycles. The SMILES string of the molecule is CC(C)(C)CNCCn1c(Sc2cc3c(cc2Br)OCO3)nc2c(N)nccc21.Cc1cc2c(cc1Sc1nc3c(N)nccc3n1CCNCC(C)(C)C)OCO2. The van der Waals surface area contributed by atoms with Gasteiger partial charge in [0.25, 0.3) is 0 Å². The Labute approximate surface area is 355 Å². The number of hydrogen-bond donors (Lipinski definition) is 4. The van der Waals surface area contributed by atoms with Gasteiger partial charge in [-0.15, -0.1) is 0 Å². The summed E-state index contributed by atoms with van der Waals surface area (Å²) in [6, 6.07) is 11.9. The topological polar surface area (TPSA) is 174 Å². The predicted molar refractivity (Wildman–Crippen MR) is 234 cm³/mol. The third-order valence-electron chi connectivity index (χ3n) is 9.16. The zero-order valence-corrected chi connectivity index (χ0v) is 37.2. The molecule has 2 aliphatic rings. The zero-order valence-electron chi connectivity index (χ0n) is 33.9. The lowest BCUT2D eigenvalue weighted by Gasteiger charge is -2.19. The Morgan fingerprint density at radius 2 is 1.10 bits per heavy atom. The molecule has 17 heteroatoms. The molecule has 2 aliphatic heterocycles. The number of halogens is 1. The number of fused-ring (bicyclic) bond motifs is 4. The van der Waals surface area contributed by atoms with Gasteiger partial charge >= 0.3 is 0 Å². The van der Waals surface area contributed by atoms with Crippen molar-refractivity contribution in [1.29, 1.82) is 0 Å². The zero-order chi connectivity index (χ0) is 41.2. The van der Waals surface area contributed by atoms with E-state index in [9.17, 15) is 0 Å². The van der Waals surface area contributed by atoms with Gasteiger partial charge < -0.3 is 50.2 Å². The van der Waals surface area contributed by atoms with Crippen LogP contribution in [-0.4, -0.2) is 68.8 Å². The number of hydrogen-bond acceptors (Lipinski definition) is 14. The summed E-state index contributed by atoms with van der Waals surface area (Å²) >= 11 is 6.81. The van der Waals surface area contributed by atoms with Crippen molar-refractivity contribution in [3.8, 4) is 23.0 Å². The van der Waals surface area contributed by atoms with Gasteiger partial charge in [-0.3, -0.25) is 0 Å². The van der Waals surface area contributed by atoms with Crippen molar-refractivity contribution >= 4 is 73.2 Å². The van der Waals surface area contributed by atoms with Crippen LogP contribution in [0.5, 0.6) is 23.0 Å². The molecule has 0 atom stereocenters. The van der Waals surface area contributed by atoms with Crippen molar-refractivity contribution in [3.63, 3.8) is 0 Å². The highest BCUT2D eigenvalue weighted by Gasteiger charge is 2.22. The first-order valence-corrected chi connectivity index (χ1v) is 21.5. The molecule has 4 aromatic heterocycles. The highest BCUT2D eigenvalue weighted by atomic mass is 79.9. The first-order chi connectivity index (χ1) is 27.6. The number of nitrogen functional groups attached to an aromatic ring is 2. The molecule has 0 saturated heterocycles. The van der Waals surface area contributed by atoms with Gasteiger partial charge in [-0.1, -0.05) is 65.1 Å². The van der Waals surface area contributed by atoms with Gasteiger partial charge in [-0.2, -0.15) is 0 Å². The molecule has 0 spiro atoms. The number of nitrogens with zero attached hydrogens (tertiary/aromatic N) is 6. The maximum Gasteiger partial charge on any atom is 0.231 e. The number of pyridine rings is 2. The highest BCUT2D eigenvalue weighted by molar-refractivity contribution is 9.10. The second kappa shape index (κ2) is 17.4. The Hall–Kier alpha value is -4.42. The molecule has 0 unspecified atom stereocenters. The van der Waals surface area contributed by atoms with Crippen LogP contribution in [0.2, 0.25) is 0 Å². The normalized spacial score (nSPS) is 13.4. The van der Waals surface area contributed by atoms with E-state index in [1.165, 1.54) is 0 Å². The minimum Gasteiger partial charge on any atom is -0.454 e. The van der Waals surface area contributed by atoms with E-state index in [4.69, 9.17) is 40.4 Å². The molecule has 0 amide bonds. The number of imidazole rings is 2. The lowest BCUT2D eigenvalue weighted by atomic mass is 9.97. The molecule has 58 heavy (non-hydrogen) atoms. The molecule has 14 nitrogen and oxygen atoms in total. The van der Waals surface area contributed by atoms with Crippen molar-refractivity contribution < 1.29 is 18.9 Å². The summed E-state index contributed by atoms with van der Waals surface area (Å²) in [6.07, 6.45) is 3.46. The second-order valence-electron chi connectivity index (χ2n) is 16.5. The van der Waals surface area contributed by atoms with Crippen LogP contribution in [0.4, 0.5) is 11.6 Å². The predicted octanol–water partition coefficient (Wildman–Crippen LogP) is 8.13. The molecule has 6 heterocycles. The Morgan fingerprint density at radius 3 is 1.59 bits per heavy atom. The fraction of sp³-hybridized carbons (Fsp3) is 0.415. The average molecular weight is 892 g/mol. The summed E-state index contributed by atoms with van der Waals surface area (Å²) in [7, 11) is 0. The molecule has 6 aromatic rings. The van der Waals surface area contributed by atoms with Crippen LogP contribution in [0.15, 0.2) is 73.4 Å². The second-order valence-corrected chi connectivity index (χ2v) is 19.4. The Morgan fingerprint density at radius 1 is 0.672 bits per heavy atom. The number of benzene rings is 2. The number of nitrogens with two attached hydrogens (primary N) is 2. The molecule has 0 saturated carbocycles. The van der Waals surface area contributed by atoms with Crippen LogP contribution in [-0.2, 0) is 13.1 Å². The third kappa shape index (κ3) is 9.88. The van der Waals surface area contributed by atoms with Gasteiger partial charge in [-0.25, -0.2) is 19.9 Å². The molecule has 8 rings (SSSR count). The van der Waals surface area contributed by atoms with Crippen molar-refractivity contribution in [2.24, 2.45) is 10.8 Å². The van der Waals surface area contributed by atoms with Crippen LogP contribution in [0.25, 0.3) is 22.1 Å². The van der Waals surface area contributed by atoms with E-state index < -0.39 is 0 Å². The van der Waals surface area contributed by atoms with E-state index in [2.05, 4.69) is 94.1 Å². The number of aryl methyl sites for hydroxylation is 1. The number of ether oxygens (including phenoxy) is 4. The van der Waals surface area contributed by atoms with Gasteiger partial charge in [-0.05, 0) is 75.6 Å². The fourth-order valence-corrected chi connectivity index (χ4v) is 8.85. The van der Waals surface area contributed by atoms with Crippen molar-refractivity contribution in [2.75, 3.05) is 51.2 Å². The van der Waals surface area contributed by atoms with E-state index in [1.54, 1.807) is 35.9 Å². The van der Waals surface area contributed by atoms with E-state index in [0.29, 0.717) is 11.6 Å². The summed E-state index contributed by atoms with van der Waals surface area (Å²) in [6.45, 7) is 21.1. The van der Waals surface area contributed by atoms with Gasteiger partial charge in [0.1, 0.15) is 11.0 Å². The molecule has 0 radical (unpaired) electrons. The third-order valence-corrected chi connectivity index (χ3v) is 12.3. The first-order valence-electron chi connectivity index (χ1n) is 19.1. The van der Waals surface area contributed by atoms with E-state index in [1.807, 2.05) is 36.4 Å². The minimum atomic E-state index is 0.236. The molecule has 0 aliphatic carbocycles. The van der Waals surface area contributed by atoms with Crippen LogP contribution in [0, 0.1) is 17.8 Å². The quantitative estimate of drug-likeness (QED) is 0.0867. The summed E-state index contributed by atoms with van der Waals surface area (Å²) in [5.74, 6) is 3.94. The largest absolute Gasteiger partial charge is 0.454 e. The lowest BCUT2D eigenvalue weighted by molar-refractivity contribution is 0.173. The Kier molecular flexibility index (Phi) is 12.5. The molecule has 0 bridgehead atoms. The summed E-state index contributed by atoms with van der Waals surface area (Å²) < 4.78 is 27.3. The highest BCUT2D eigenvalue weighted by Crippen LogP contribution is 2.44. The van der Waals surface area contributed by atoms with Crippen molar-refractivity contribution in [3.05, 3.63) is 58.8 Å². The van der Waals surface area contributed by atoms with E-state index in [0.717, 1.165) is 114 Å². The standard InChI is InChI=1S/C21H27N5O2S.C20H24BrN5O2S/c1-13-9-15-16(28-12-27-15)10-17(13)29-20-25-18-14(5-6-24-19(18)22)26(20)8-7-23-11-21(2,3)4;1-20(2,3)10-23-6-7-26-13-4-5-24-18(22)17(13)25-19(26)29-16-9-15-14(8-12(16)21)27-11-28-15/h5-6,9-10,23H,7-8,11-12H2,1-4H3,(H2,22,24);4-5,8-9,23H,6-7,10-11H2,1-3H3,(H2,22,24). The molecular formula is C41H51BrN10O4S2. The summed E-state index contributed by atoms with van der Waals surface area (Å²) in [5, 5.41) is 8.81. The summed E-state index contributed by atoms with van der Waals surface area (Å²) in [4.78, 5) is 20.1. The van der Waals surface area contributed by atoms with E-state index >= 15 is 0 Å². The van der Waals surface area contributed by atoms with Gasteiger partial charge in [0.05, 0.1) is 11.0 Å². The molecular weight excluding hydrogens is 841 g/mol. The minimum absolute atomic E-state index is 0.236. The first kappa shape index (κ1) is 41.7. The Balaban J connectivity index is 0.000000177.